The Balaban J connectivity index is 1.66. The summed E-state index contributed by atoms with van der Waals surface area (Å²) in [6, 6.07) is 15.0. The third-order valence-corrected chi connectivity index (χ3v) is 6.39. The zero-order valence-electron chi connectivity index (χ0n) is 15.8. The van der Waals surface area contributed by atoms with Gasteiger partial charge in [0.15, 0.2) is 6.61 Å². The summed E-state index contributed by atoms with van der Waals surface area (Å²) in [6.45, 7) is 4.26. The van der Waals surface area contributed by atoms with Crippen LogP contribution in [-0.4, -0.2) is 58.7 Å². The summed E-state index contributed by atoms with van der Waals surface area (Å²) < 4.78 is 37.9. The largest absolute Gasteiger partial charge is 0.484 e. The lowest BCUT2D eigenvalue weighted by atomic mass is 10.3. The normalized spacial score (nSPS) is 14.5. The van der Waals surface area contributed by atoms with Gasteiger partial charge >= 0.3 is 0 Å². The lowest BCUT2D eigenvalue weighted by molar-refractivity contribution is -0.137. The lowest BCUT2D eigenvalue weighted by Gasteiger charge is -2.26. The highest BCUT2D eigenvalue weighted by atomic mass is 32.2. The first-order valence-corrected chi connectivity index (χ1v) is 10.6. The van der Waals surface area contributed by atoms with E-state index in [1.165, 1.54) is 4.31 Å². The summed E-state index contributed by atoms with van der Waals surface area (Å²) in [6.07, 6.45) is 0. The molecule has 0 N–H and O–H groups in total. The topological polar surface area (TPSA) is 76.2 Å². The standard InChI is InChI=1S/C20H24N2O5S/c1-2-22(28(24,25)19-6-4-3-5-7-19)17-8-10-18(11-9-17)27-16-20(23)21-12-14-26-15-13-21/h3-11H,2,12-16H2,1H3. The van der Waals surface area contributed by atoms with E-state index in [-0.39, 0.29) is 17.4 Å². The van der Waals surface area contributed by atoms with E-state index in [2.05, 4.69) is 0 Å². The first-order valence-electron chi connectivity index (χ1n) is 9.18. The Bertz CT molecular complexity index is 879. The van der Waals surface area contributed by atoms with Crippen LogP contribution in [0.2, 0.25) is 0 Å². The second-order valence-electron chi connectivity index (χ2n) is 6.26. The van der Waals surface area contributed by atoms with Gasteiger partial charge in [0.05, 0.1) is 23.8 Å². The minimum Gasteiger partial charge on any atom is -0.484 e. The summed E-state index contributed by atoms with van der Waals surface area (Å²) in [7, 11) is -3.64. The molecule has 0 unspecified atom stereocenters. The van der Waals surface area contributed by atoms with Gasteiger partial charge < -0.3 is 14.4 Å². The van der Waals surface area contributed by atoms with Gasteiger partial charge in [-0.3, -0.25) is 9.10 Å². The maximum absolute atomic E-state index is 12.9. The van der Waals surface area contributed by atoms with Gasteiger partial charge in [-0.15, -0.1) is 0 Å². The van der Waals surface area contributed by atoms with Crippen LogP contribution in [0.25, 0.3) is 0 Å². The summed E-state index contributed by atoms with van der Waals surface area (Å²) in [4.78, 5) is 14.1. The van der Waals surface area contributed by atoms with Crippen LogP contribution in [0.5, 0.6) is 5.75 Å². The lowest BCUT2D eigenvalue weighted by Crippen LogP contribution is -2.42. The van der Waals surface area contributed by atoms with E-state index in [4.69, 9.17) is 9.47 Å². The van der Waals surface area contributed by atoms with Crippen molar-refractivity contribution in [2.75, 3.05) is 43.8 Å². The molecule has 0 spiro atoms. The van der Waals surface area contributed by atoms with Gasteiger partial charge in [0.2, 0.25) is 0 Å². The Kier molecular flexibility index (Phi) is 6.53. The van der Waals surface area contributed by atoms with E-state index in [0.29, 0.717) is 44.3 Å². The average Bonchev–Trinajstić information content (AvgIpc) is 2.74. The molecule has 2 aromatic carbocycles. The molecule has 1 heterocycles. The number of nitrogens with zero attached hydrogens (tertiary/aromatic N) is 2. The number of morpholine rings is 1. The summed E-state index contributed by atoms with van der Waals surface area (Å²) >= 11 is 0. The summed E-state index contributed by atoms with van der Waals surface area (Å²) in [5, 5.41) is 0. The molecule has 1 saturated heterocycles. The van der Waals surface area contributed by atoms with Gasteiger partial charge in [0.25, 0.3) is 15.9 Å². The van der Waals surface area contributed by atoms with Gasteiger partial charge in [-0.05, 0) is 43.3 Å². The van der Waals surface area contributed by atoms with E-state index in [9.17, 15) is 13.2 Å². The van der Waals surface area contributed by atoms with Crippen molar-refractivity contribution in [3.8, 4) is 5.75 Å². The van der Waals surface area contributed by atoms with Gasteiger partial charge in [0, 0.05) is 19.6 Å². The fourth-order valence-corrected chi connectivity index (χ4v) is 4.46. The Labute approximate surface area is 165 Å². The van der Waals surface area contributed by atoms with Crippen LogP contribution >= 0.6 is 0 Å². The van der Waals surface area contributed by atoms with Crippen LogP contribution in [0.15, 0.2) is 59.5 Å². The monoisotopic (exact) mass is 404 g/mol. The Hall–Kier alpha value is -2.58. The van der Waals surface area contributed by atoms with Crippen LogP contribution in [-0.2, 0) is 19.6 Å². The number of carbonyl (C=O) groups excluding carboxylic acids is 1. The predicted octanol–water partition coefficient (Wildman–Crippen LogP) is 2.14. The number of hydrogen-bond donors (Lipinski definition) is 0. The summed E-state index contributed by atoms with van der Waals surface area (Å²) in [5.74, 6) is 0.424. The zero-order chi connectivity index (χ0) is 20.0. The van der Waals surface area contributed by atoms with E-state index >= 15 is 0 Å². The highest BCUT2D eigenvalue weighted by Gasteiger charge is 2.23. The minimum atomic E-state index is -3.64. The van der Waals surface area contributed by atoms with Gasteiger partial charge in [-0.1, -0.05) is 18.2 Å². The molecule has 28 heavy (non-hydrogen) atoms. The molecule has 1 aliphatic heterocycles. The van der Waals surface area contributed by atoms with Crippen LogP contribution in [0.3, 0.4) is 0 Å². The molecule has 1 aliphatic rings. The summed E-state index contributed by atoms with van der Waals surface area (Å²) in [5.41, 5.74) is 0.540. The molecule has 3 rings (SSSR count). The molecule has 7 nitrogen and oxygen atoms in total. The maximum Gasteiger partial charge on any atom is 0.264 e. The number of sulfonamides is 1. The number of carbonyl (C=O) groups is 1. The molecule has 0 atom stereocenters. The second kappa shape index (κ2) is 9.07. The number of amides is 1. The molecule has 0 aliphatic carbocycles. The quantitative estimate of drug-likeness (QED) is 0.707. The predicted molar refractivity (Wildman–Crippen MR) is 106 cm³/mol. The molecule has 8 heteroatoms. The van der Waals surface area contributed by atoms with E-state index in [0.717, 1.165) is 0 Å². The van der Waals surface area contributed by atoms with Crippen molar-refractivity contribution in [2.45, 2.75) is 11.8 Å². The van der Waals surface area contributed by atoms with E-state index in [1.54, 1.807) is 66.4 Å². The average molecular weight is 404 g/mol. The maximum atomic E-state index is 12.9. The zero-order valence-corrected chi connectivity index (χ0v) is 16.6. The number of ether oxygens (including phenoxy) is 2. The molecular formula is C20H24N2O5S. The number of benzene rings is 2. The van der Waals surface area contributed by atoms with E-state index in [1.807, 2.05) is 0 Å². The molecule has 150 valence electrons. The smallest absolute Gasteiger partial charge is 0.264 e. The van der Waals surface area contributed by atoms with Gasteiger partial charge in [0.1, 0.15) is 5.75 Å². The minimum absolute atomic E-state index is 0.0564. The van der Waals surface area contributed by atoms with Crippen molar-refractivity contribution in [3.05, 3.63) is 54.6 Å². The van der Waals surface area contributed by atoms with E-state index < -0.39 is 10.0 Å². The molecule has 1 fully saturated rings. The van der Waals surface area contributed by atoms with Crippen molar-refractivity contribution in [2.24, 2.45) is 0 Å². The third-order valence-electron chi connectivity index (χ3n) is 4.47. The van der Waals surface area contributed by atoms with Crippen LogP contribution in [0, 0.1) is 0 Å². The molecule has 1 amide bonds. The third kappa shape index (κ3) is 4.63. The van der Waals surface area contributed by atoms with Crippen molar-refractivity contribution >= 4 is 21.6 Å². The van der Waals surface area contributed by atoms with Crippen molar-refractivity contribution in [1.82, 2.24) is 4.90 Å². The van der Waals surface area contributed by atoms with Gasteiger partial charge in [-0.2, -0.15) is 0 Å². The molecular weight excluding hydrogens is 380 g/mol. The van der Waals surface area contributed by atoms with Crippen LogP contribution in [0.1, 0.15) is 6.92 Å². The van der Waals surface area contributed by atoms with Crippen LogP contribution < -0.4 is 9.04 Å². The second-order valence-corrected chi connectivity index (χ2v) is 8.12. The van der Waals surface area contributed by atoms with Crippen molar-refractivity contribution in [3.63, 3.8) is 0 Å². The van der Waals surface area contributed by atoms with Crippen LogP contribution in [0.4, 0.5) is 5.69 Å². The van der Waals surface area contributed by atoms with Crippen molar-refractivity contribution in [1.29, 1.82) is 0 Å². The molecule has 0 bridgehead atoms. The highest BCUT2D eigenvalue weighted by molar-refractivity contribution is 7.92. The number of rotatable bonds is 7. The fraction of sp³-hybridized carbons (Fsp3) is 0.350. The first kappa shape index (κ1) is 20.2. The first-order chi connectivity index (χ1) is 13.5. The highest BCUT2D eigenvalue weighted by Crippen LogP contribution is 2.25. The van der Waals surface area contributed by atoms with Crippen molar-refractivity contribution < 1.29 is 22.7 Å². The Morgan fingerprint density at radius 3 is 2.32 bits per heavy atom. The molecule has 0 radical (unpaired) electrons. The molecule has 0 aromatic heterocycles. The molecule has 2 aromatic rings. The Morgan fingerprint density at radius 1 is 1.07 bits per heavy atom. The fourth-order valence-electron chi connectivity index (χ4n) is 2.97. The number of anilines is 1. The number of hydrogen-bond acceptors (Lipinski definition) is 5. The Morgan fingerprint density at radius 2 is 1.71 bits per heavy atom. The molecule has 0 saturated carbocycles. The SMILES string of the molecule is CCN(c1ccc(OCC(=O)N2CCOCC2)cc1)S(=O)(=O)c1ccccc1. The van der Waals surface area contributed by atoms with Gasteiger partial charge in [-0.25, -0.2) is 8.42 Å².